The molecule has 4 nitrogen and oxygen atoms in total. The second kappa shape index (κ2) is 7.43. The summed E-state index contributed by atoms with van der Waals surface area (Å²) in [5.74, 6) is 0.191. The molecule has 0 atom stereocenters. The molecule has 1 fully saturated rings. The number of rotatable bonds is 8. The summed E-state index contributed by atoms with van der Waals surface area (Å²) in [5.41, 5.74) is -0.673. The van der Waals surface area contributed by atoms with Crippen LogP contribution in [0.3, 0.4) is 0 Å². The fourth-order valence-corrected chi connectivity index (χ4v) is 4.15. The lowest BCUT2D eigenvalue weighted by Gasteiger charge is -2.37. The van der Waals surface area contributed by atoms with Gasteiger partial charge in [0.15, 0.2) is 0 Å². The molecule has 118 valence electrons. The van der Waals surface area contributed by atoms with Gasteiger partial charge >= 0.3 is 5.97 Å². The van der Waals surface area contributed by atoms with Crippen molar-refractivity contribution in [3.8, 4) is 0 Å². The number of carboxylic acids is 1. The maximum atomic E-state index is 11.6. The van der Waals surface area contributed by atoms with E-state index in [1.54, 1.807) is 6.92 Å². The van der Waals surface area contributed by atoms with E-state index in [-0.39, 0.29) is 11.5 Å². The number of sulfone groups is 1. The van der Waals surface area contributed by atoms with Crippen molar-refractivity contribution in [1.29, 1.82) is 0 Å². The molecule has 0 bridgehead atoms. The molecule has 1 saturated carbocycles. The summed E-state index contributed by atoms with van der Waals surface area (Å²) >= 11 is 0. The molecule has 0 amide bonds. The highest BCUT2D eigenvalue weighted by atomic mass is 32.2. The van der Waals surface area contributed by atoms with Gasteiger partial charge in [-0.1, -0.05) is 26.7 Å². The number of carbonyl (C=O) groups is 1. The Morgan fingerprint density at radius 3 is 2.30 bits per heavy atom. The molecular weight excluding hydrogens is 276 g/mol. The number of carboxylic acid groups (broad SMARTS) is 1. The van der Waals surface area contributed by atoms with Crippen LogP contribution in [0.2, 0.25) is 0 Å². The second-order valence-corrected chi connectivity index (χ2v) is 8.63. The first-order chi connectivity index (χ1) is 9.35. The number of hydrogen-bond acceptors (Lipinski definition) is 3. The van der Waals surface area contributed by atoms with Gasteiger partial charge in [0.25, 0.3) is 0 Å². The average Bonchev–Trinajstić information content (AvgIpc) is 2.41. The third-order valence-electron chi connectivity index (χ3n) is 4.76. The fourth-order valence-electron chi connectivity index (χ4n) is 3.27. The van der Waals surface area contributed by atoms with Gasteiger partial charge in [-0.15, -0.1) is 0 Å². The maximum absolute atomic E-state index is 11.6. The van der Waals surface area contributed by atoms with Crippen LogP contribution in [-0.2, 0) is 14.6 Å². The Kier molecular flexibility index (Phi) is 6.49. The topological polar surface area (TPSA) is 71.4 Å². The fraction of sp³-hybridized carbons (Fsp3) is 0.933. The van der Waals surface area contributed by atoms with Crippen molar-refractivity contribution in [3.05, 3.63) is 0 Å². The molecule has 1 N–H and O–H groups in total. The zero-order valence-electron chi connectivity index (χ0n) is 12.7. The van der Waals surface area contributed by atoms with Gasteiger partial charge in [0, 0.05) is 5.75 Å². The smallest absolute Gasteiger partial charge is 0.309 e. The minimum absolute atomic E-state index is 0.122. The van der Waals surface area contributed by atoms with Crippen LogP contribution >= 0.6 is 0 Å². The lowest BCUT2D eigenvalue weighted by molar-refractivity contribution is -0.152. The van der Waals surface area contributed by atoms with E-state index in [4.69, 9.17) is 0 Å². The predicted molar refractivity (Wildman–Crippen MR) is 80.5 cm³/mol. The zero-order chi connectivity index (χ0) is 15.2. The molecule has 0 heterocycles. The molecule has 1 rings (SSSR count). The van der Waals surface area contributed by atoms with Gasteiger partial charge < -0.3 is 5.11 Å². The van der Waals surface area contributed by atoms with Gasteiger partial charge in [-0.25, -0.2) is 8.42 Å². The molecule has 0 saturated heterocycles. The Morgan fingerprint density at radius 1 is 1.25 bits per heavy atom. The average molecular weight is 304 g/mol. The maximum Gasteiger partial charge on any atom is 0.309 e. The highest BCUT2D eigenvalue weighted by Gasteiger charge is 2.41. The molecule has 0 aliphatic heterocycles. The monoisotopic (exact) mass is 304 g/mol. The number of hydrogen-bond donors (Lipinski definition) is 1. The Morgan fingerprint density at radius 2 is 1.85 bits per heavy atom. The molecular formula is C15H28O4S. The van der Waals surface area contributed by atoms with Gasteiger partial charge in [-0.2, -0.15) is 0 Å². The number of aliphatic carboxylic acids is 1. The van der Waals surface area contributed by atoms with Crippen LogP contribution in [0.4, 0.5) is 0 Å². The molecule has 5 heteroatoms. The van der Waals surface area contributed by atoms with E-state index in [2.05, 4.69) is 6.92 Å². The van der Waals surface area contributed by atoms with E-state index in [1.165, 1.54) is 6.42 Å². The predicted octanol–water partition coefficient (Wildman–Crippen LogP) is 3.26. The lowest BCUT2D eigenvalue weighted by Crippen LogP contribution is -2.36. The van der Waals surface area contributed by atoms with Crippen LogP contribution in [0.15, 0.2) is 0 Å². The summed E-state index contributed by atoms with van der Waals surface area (Å²) in [4.78, 5) is 11.6. The summed E-state index contributed by atoms with van der Waals surface area (Å²) < 4.78 is 23.0. The summed E-state index contributed by atoms with van der Waals surface area (Å²) in [6, 6.07) is 0. The Balaban J connectivity index is 2.55. The Hall–Kier alpha value is -0.580. The van der Waals surface area contributed by atoms with Crippen molar-refractivity contribution in [3.63, 3.8) is 0 Å². The van der Waals surface area contributed by atoms with Crippen LogP contribution in [0.1, 0.15) is 65.2 Å². The molecule has 0 aromatic rings. The standard InChI is InChI=1S/C15H28O4S/c1-3-6-13-7-10-15(11-8-13,14(16)17)9-5-12-20(18,19)4-2/h13H,3-12H2,1-2H3,(H,16,17). The van der Waals surface area contributed by atoms with Crippen molar-refractivity contribution in [2.75, 3.05) is 11.5 Å². The van der Waals surface area contributed by atoms with Gasteiger partial charge in [0.05, 0.1) is 11.2 Å². The van der Waals surface area contributed by atoms with E-state index in [1.807, 2.05) is 0 Å². The van der Waals surface area contributed by atoms with Gasteiger partial charge in [0.1, 0.15) is 9.84 Å². The first-order valence-corrected chi connectivity index (χ1v) is 9.61. The highest BCUT2D eigenvalue weighted by Crippen LogP contribution is 2.44. The molecule has 0 aromatic heterocycles. The zero-order valence-corrected chi connectivity index (χ0v) is 13.5. The van der Waals surface area contributed by atoms with E-state index in [9.17, 15) is 18.3 Å². The second-order valence-electron chi connectivity index (χ2n) is 6.16. The molecule has 0 aromatic carbocycles. The molecule has 0 radical (unpaired) electrons. The summed E-state index contributed by atoms with van der Waals surface area (Å²) in [5, 5.41) is 9.54. The van der Waals surface area contributed by atoms with Gasteiger partial charge in [-0.05, 0) is 44.4 Å². The highest BCUT2D eigenvalue weighted by molar-refractivity contribution is 7.91. The largest absolute Gasteiger partial charge is 0.481 e. The quantitative estimate of drug-likeness (QED) is 0.747. The minimum Gasteiger partial charge on any atom is -0.481 e. The summed E-state index contributed by atoms with van der Waals surface area (Å²) in [7, 11) is -2.99. The van der Waals surface area contributed by atoms with Crippen molar-refractivity contribution in [1.82, 2.24) is 0 Å². The van der Waals surface area contributed by atoms with Crippen LogP contribution in [-0.4, -0.2) is 31.0 Å². The summed E-state index contributed by atoms with van der Waals surface area (Å²) in [6.07, 6.45) is 6.67. The Labute approximate surface area is 122 Å². The molecule has 1 aliphatic rings. The van der Waals surface area contributed by atoms with Crippen LogP contribution in [0, 0.1) is 11.3 Å². The molecule has 0 unspecified atom stereocenters. The van der Waals surface area contributed by atoms with Crippen LogP contribution in [0.25, 0.3) is 0 Å². The van der Waals surface area contributed by atoms with Gasteiger partial charge in [-0.3, -0.25) is 4.79 Å². The Bertz CT molecular complexity index is 406. The van der Waals surface area contributed by atoms with E-state index >= 15 is 0 Å². The van der Waals surface area contributed by atoms with Crippen molar-refractivity contribution in [2.45, 2.75) is 65.2 Å². The summed E-state index contributed by atoms with van der Waals surface area (Å²) in [6.45, 7) is 3.80. The molecule has 1 aliphatic carbocycles. The first kappa shape index (κ1) is 17.5. The van der Waals surface area contributed by atoms with E-state index in [0.717, 1.165) is 19.3 Å². The normalized spacial score (nSPS) is 27.4. The minimum atomic E-state index is -2.99. The third-order valence-corrected chi connectivity index (χ3v) is 6.55. The van der Waals surface area contributed by atoms with E-state index in [0.29, 0.717) is 31.6 Å². The van der Waals surface area contributed by atoms with Crippen molar-refractivity contribution < 1.29 is 18.3 Å². The third kappa shape index (κ3) is 4.76. The van der Waals surface area contributed by atoms with Crippen LogP contribution < -0.4 is 0 Å². The molecule has 20 heavy (non-hydrogen) atoms. The van der Waals surface area contributed by atoms with Crippen molar-refractivity contribution >= 4 is 15.8 Å². The van der Waals surface area contributed by atoms with Gasteiger partial charge in [0.2, 0.25) is 0 Å². The van der Waals surface area contributed by atoms with Crippen molar-refractivity contribution in [2.24, 2.45) is 11.3 Å². The van der Waals surface area contributed by atoms with E-state index < -0.39 is 21.2 Å². The van der Waals surface area contributed by atoms with Crippen LogP contribution in [0.5, 0.6) is 0 Å². The lowest BCUT2D eigenvalue weighted by atomic mass is 9.67. The first-order valence-electron chi connectivity index (χ1n) is 7.79. The SMILES string of the molecule is CCCC1CCC(CCCS(=O)(=O)CC)(C(=O)O)CC1. The molecule has 0 spiro atoms.